The summed E-state index contributed by atoms with van der Waals surface area (Å²) in [5.74, 6) is -0.104. The molecule has 2 fully saturated rings. The van der Waals surface area contributed by atoms with Gasteiger partial charge in [0.15, 0.2) is 0 Å². The van der Waals surface area contributed by atoms with Crippen LogP contribution in [0.1, 0.15) is 47.0 Å². The Kier molecular flexibility index (Phi) is 4.62. The minimum atomic E-state index is -0.950. The molecule has 5 nitrogen and oxygen atoms in total. The molecule has 0 aromatic rings. The Labute approximate surface area is 141 Å². The van der Waals surface area contributed by atoms with E-state index in [4.69, 9.17) is 27.9 Å². The Morgan fingerprint density at radius 2 is 1.73 bits per heavy atom. The molecule has 1 saturated carbocycles. The lowest BCUT2D eigenvalue weighted by atomic mass is 10.0. The lowest BCUT2D eigenvalue weighted by molar-refractivity contribution is -0.126. The van der Waals surface area contributed by atoms with Gasteiger partial charge >= 0.3 is 6.09 Å². The van der Waals surface area contributed by atoms with E-state index >= 15 is 0 Å². The molecule has 0 radical (unpaired) electrons. The van der Waals surface area contributed by atoms with Gasteiger partial charge < -0.3 is 15.0 Å². The monoisotopic (exact) mass is 350 g/mol. The van der Waals surface area contributed by atoms with E-state index in [-0.39, 0.29) is 18.0 Å². The highest BCUT2D eigenvalue weighted by atomic mass is 35.5. The van der Waals surface area contributed by atoms with Gasteiger partial charge in [-0.25, -0.2) is 4.79 Å². The number of alkyl halides is 2. The Morgan fingerprint density at radius 3 is 2.14 bits per heavy atom. The van der Waals surface area contributed by atoms with Gasteiger partial charge in [-0.2, -0.15) is 0 Å². The van der Waals surface area contributed by atoms with Crippen LogP contribution >= 0.6 is 23.2 Å². The first-order valence-corrected chi connectivity index (χ1v) is 8.37. The third kappa shape index (κ3) is 3.80. The lowest BCUT2D eigenvalue weighted by Gasteiger charge is -2.34. The van der Waals surface area contributed by atoms with Crippen LogP contribution in [0.15, 0.2) is 0 Å². The number of nitrogens with zero attached hydrogens (tertiary/aromatic N) is 1. The predicted octanol–water partition coefficient (Wildman–Crippen LogP) is 3.09. The van der Waals surface area contributed by atoms with Crippen LogP contribution < -0.4 is 5.32 Å². The molecule has 1 atom stereocenters. The van der Waals surface area contributed by atoms with Crippen LogP contribution in [0.4, 0.5) is 4.79 Å². The van der Waals surface area contributed by atoms with Crippen LogP contribution in [0.3, 0.4) is 0 Å². The number of ether oxygens (including phenoxy) is 1. The molecule has 7 heteroatoms. The van der Waals surface area contributed by atoms with Crippen molar-refractivity contribution < 1.29 is 14.3 Å². The number of piperidine rings is 1. The maximum atomic E-state index is 12.2. The maximum absolute atomic E-state index is 12.2. The van der Waals surface area contributed by atoms with E-state index in [1.54, 1.807) is 11.8 Å². The maximum Gasteiger partial charge on any atom is 0.410 e. The Bertz CT molecular complexity index is 468. The highest BCUT2D eigenvalue weighted by Gasteiger charge is 2.68. The molecule has 1 unspecified atom stereocenters. The van der Waals surface area contributed by atoms with Crippen LogP contribution in [0.25, 0.3) is 0 Å². The molecule has 2 amide bonds. The minimum Gasteiger partial charge on any atom is -0.444 e. The Balaban J connectivity index is 1.78. The van der Waals surface area contributed by atoms with E-state index in [0.29, 0.717) is 32.4 Å². The van der Waals surface area contributed by atoms with Gasteiger partial charge in [-0.05, 0) is 47.0 Å². The van der Waals surface area contributed by atoms with Gasteiger partial charge in [0.2, 0.25) is 5.91 Å². The van der Waals surface area contributed by atoms with Crippen molar-refractivity contribution in [2.75, 3.05) is 13.1 Å². The molecule has 0 bridgehead atoms. The Hall–Kier alpha value is -0.680. The first-order valence-electron chi connectivity index (χ1n) is 7.61. The van der Waals surface area contributed by atoms with Gasteiger partial charge in [0.05, 0.1) is 5.41 Å². The number of nitrogens with one attached hydrogen (secondary N) is 1. The number of halogens is 2. The second kappa shape index (κ2) is 5.75. The molecule has 0 aromatic heterocycles. The lowest BCUT2D eigenvalue weighted by Crippen LogP contribution is -2.49. The van der Waals surface area contributed by atoms with Crippen molar-refractivity contribution in [3.63, 3.8) is 0 Å². The summed E-state index contributed by atoms with van der Waals surface area (Å²) in [6.07, 6.45) is 1.59. The summed E-state index contributed by atoms with van der Waals surface area (Å²) < 4.78 is 4.40. The fourth-order valence-corrected chi connectivity index (χ4v) is 3.23. The zero-order chi connectivity index (χ0) is 16.8. The second-order valence-electron chi connectivity index (χ2n) is 7.43. The molecule has 1 aliphatic heterocycles. The molecule has 2 aliphatic rings. The summed E-state index contributed by atoms with van der Waals surface area (Å²) in [5.41, 5.74) is -1.19. The van der Waals surface area contributed by atoms with Crippen LogP contribution in [-0.2, 0) is 9.53 Å². The van der Waals surface area contributed by atoms with Crippen molar-refractivity contribution in [3.8, 4) is 0 Å². The average Bonchev–Trinajstić information content (AvgIpc) is 2.88. The van der Waals surface area contributed by atoms with E-state index in [0.717, 1.165) is 0 Å². The zero-order valence-electron chi connectivity index (χ0n) is 13.5. The molecule has 1 N–H and O–H groups in total. The zero-order valence-corrected chi connectivity index (χ0v) is 15.1. The smallest absolute Gasteiger partial charge is 0.410 e. The molecular formula is C15H24Cl2N2O3. The molecule has 1 saturated heterocycles. The SMILES string of the molecule is CC(C)(C)OC(=O)N1CCC(NC(=O)C2(C)CC2(Cl)Cl)CC1. The van der Waals surface area contributed by atoms with E-state index in [1.165, 1.54) is 0 Å². The van der Waals surface area contributed by atoms with Crippen molar-refractivity contribution in [1.82, 2.24) is 10.2 Å². The van der Waals surface area contributed by atoms with Crippen LogP contribution in [0.2, 0.25) is 0 Å². The van der Waals surface area contributed by atoms with Crippen molar-refractivity contribution in [2.45, 2.75) is 62.9 Å². The number of likely N-dealkylation sites (tertiary alicyclic amines) is 1. The number of carbonyl (C=O) groups is 2. The summed E-state index contributed by atoms with van der Waals surface area (Å²) in [4.78, 5) is 25.9. The Morgan fingerprint density at radius 1 is 1.23 bits per heavy atom. The molecule has 0 spiro atoms. The largest absolute Gasteiger partial charge is 0.444 e. The number of hydrogen-bond acceptors (Lipinski definition) is 3. The molecule has 126 valence electrons. The number of hydrogen-bond donors (Lipinski definition) is 1. The first kappa shape index (κ1) is 17.7. The van der Waals surface area contributed by atoms with Gasteiger partial charge in [-0.3, -0.25) is 4.79 Å². The second-order valence-corrected chi connectivity index (χ2v) is 8.91. The van der Waals surface area contributed by atoms with Gasteiger partial charge in [-0.15, -0.1) is 23.2 Å². The van der Waals surface area contributed by atoms with Gasteiger partial charge in [0, 0.05) is 19.1 Å². The van der Waals surface area contributed by atoms with Gasteiger partial charge in [-0.1, -0.05) is 0 Å². The fraction of sp³-hybridized carbons (Fsp3) is 0.867. The summed E-state index contributed by atoms with van der Waals surface area (Å²) >= 11 is 12.0. The quantitative estimate of drug-likeness (QED) is 0.778. The first-order chi connectivity index (χ1) is 9.95. The van der Waals surface area contributed by atoms with Gasteiger partial charge in [0.25, 0.3) is 0 Å². The van der Waals surface area contributed by atoms with Gasteiger partial charge in [0.1, 0.15) is 9.93 Å². The summed E-state index contributed by atoms with van der Waals surface area (Å²) in [6.45, 7) is 8.46. The molecular weight excluding hydrogens is 327 g/mol. The number of rotatable bonds is 2. The van der Waals surface area contributed by atoms with E-state index in [9.17, 15) is 9.59 Å². The molecule has 22 heavy (non-hydrogen) atoms. The molecule has 2 rings (SSSR count). The third-order valence-electron chi connectivity index (χ3n) is 4.24. The average molecular weight is 351 g/mol. The van der Waals surface area contributed by atoms with Crippen LogP contribution in [0.5, 0.6) is 0 Å². The standard InChI is InChI=1S/C15H24Cl2N2O3/c1-13(2,3)22-12(21)19-7-5-10(6-8-19)18-11(20)14(4)9-15(14,16)17/h10H,5-9H2,1-4H3,(H,18,20). The van der Waals surface area contributed by atoms with Crippen molar-refractivity contribution in [1.29, 1.82) is 0 Å². The summed E-state index contributed by atoms with van der Waals surface area (Å²) in [6, 6.07) is 0.0488. The normalized spacial score (nSPS) is 28.2. The number of amides is 2. The molecule has 0 aromatic carbocycles. The van der Waals surface area contributed by atoms with E-state index in [1.807, 2.05) is 20.8 Å². The van der Waals surface area contributed by atoms with Crippen molar-refractivity contribution >= 4 is 35.2 Å². The molecule has 1 heterocycles. The van der Waals surface area contributed by atoms with E-state index in [2.05, 4.69) is 5.32 Å². The predicted molar refractivity (Wildman–Crippen MR) is 86.1 cm³/mol. The molecule has 1 aliphatic carbocycles. The van der Waals surface area contributed by atoms with E-state index < -0.39 is 15.3 Å². The highest BCUT2D eigenvalue weighted by molar-refractivity contribution is 6.53. The van der Waals surface area contributed by atoms with Crippen molar-refractivity contribution in [3.05, 3.63) is 0 Å². The van der Waals surface area contributed by atoms with Crippen molar-refractivity contribution in [2.24, 2.45) is 5.41 Å². The highest BCUT2D eigenvalue weighted by Crippen LogP contribution is 2.63. The minimum absolute atomic E-state index is 0.0488. The topological polar surface area (TPSA) is 58.6 Å². The van der Waals surface area contributed by atoms with Crippen LogP contribution in [-0.4, -0.2) is 46.0 Å². The number of carbonyl (C=O) groups excluding carboxylic acids is 2. The third-order valence-corrected chi connectivity index (χ3v) is 5.34. The fourth-order valence-electron chi connectivity index (χ4n) is 2.52. The van der Waals surface area contributed by atoms with Crippen LogP contribution in [0, 0.1) is 5.41 Å². The summed E-state index contributed by atoms with van der Waals surface area (Å²) in [7, 11) is 0. The summed E-state index contributed by atoms with van der Waals surface area (Å²) in [5, 5.41) is 3.00.